The summed E-state index contributed by atoms with van der Waals surface area (Å²) in [6.45, 7) is 0.663. The van der Waals surface area contributed by atoms with Crippen LogP contribution in [0.5, 0.6) is 11.5 Å². The lowest BCUT2D eigenvalue weighted by Gasteiger charge is -2.15. The number of ether oxygens (including phenoxy) is 2. The van der Waals surface area contributed by atoms with Gasteiger partial charge >= 0.3 is 0 Å². The third-order valence-corrected chi connectivity index (χ3v) is 10.8. The van der Waals surface area contributed by atoms with E-state index in [0.29, 0.717) is 40.6 Å². The first-order chi connectivity index (χ1) is 22.0. The van der Waals surface area contributed by atoms with E-state index < -0.39 is 20.0 Å². The SMILES string of the molecule is COc1ccc2c(ccn2S(=O)(=O)c2ccccc2)c1C=O.COc1ccc2c(ccn2S(=O)(=O)c2ccccc2)c1CN(C)C.Cl. The van der Waals surface area contributed by atoms with Gasteiger partial charge in [-0.05, 0) is 74.8 Å². The van der Waals surface area contributed by atoms with Crippen LogP contribution in [0.1, 0.15) is 15.9 Å². The molecular formula is C34H34ClN3O7S2. The Morgan fingerprint density at radius 3 is 1.53 bits per heavy atom. The number of carbonyl (C=O) groups is 1. The van der Waals surface area contributed by atoms with Crippen LogP contribution in [-0.4, -0.2) is 64.3 Å². The van der Waals surface area contributed by atoms with Gasteiger partial charge in [0.2, 0.25) is 0 Å². The van der Waals surface area contributed by atoms with Crippen molar-refractivity contribution in [3.8, 4) is 11.5 Å². The summed E-state index contributed by atoms with van der Waals surface area (Å²) in [7, 11) is -0.308. The molecule has 47 heavy (non-hydrogen) atoms. The predicted molar refractivity (Wildman–Crippen MR) is 185 cm³/mol. The molecule has 0 saturated heterocycles. The van der Waals surface area contributed by atoms with E-state index in [1.807, 2.05) is 31.1 Å². The number of benzene rings is 4. The number of nitrogens with zero attached hydrogens (tertiary/aromatic N) is 3. The smallest absolute Gasteiger partial charge is 0.268 e. The van der Waals surface area contributed by atoms with Gasteiger partial charge in [0.15, 0.2) is 6.29 Å². The van der Waals surface area contributed by atoms with E-state index in [2.05, 4.69) is 0 Å². The highest BCUT2D eigenvalue weighted by Gasteiger charge is 2.22. The Balaban J connectivity index is 0.000000209. The lowest BCUT2D eigenvalue weighted by atomic mass is 10.1. The van der Waals surface area contributed by atoms with Crippen molar-refractivity contribution >= 4 is 60.5 Å². The molecule has 0 N–H and O–H groups in total. The van der Waals surface area contributed by atoms with Crippen LogP contribution in [0.25, 0.3) is 21.8 Å². The number of hydrogen-bond acceptors (Lipinski definition) is 8. The molecule has 0 unspecified atom stereocenters. The highest BCUT2D eigenvalue weighted by atomic mass is 35.5. The minimum atomic E-state index is -3.71. The monoisotopic (exact) mass is 695 g/mol. The molecule has 0 radical (unpaired) electrons. The topological polar surface area (TPSA) is 117 Å². The fraction of sp³-hybridized carbons (Fsp3) is 0.147. The standard InChI is InChI=1S/C18H20N2O3S.C16H13NO4S.ClH/c1-19(2)13-16-15-11-12-20(17(15)9-10-18(16)23-3)24(21,22)14-7-5-4-6-8-14;1-21-16-8-7-15-13(14(16)11-18)9-10-17(15)22(19,20)12-5-3-2-4-6-12;/h4-12H,13H2,1-3H3;2-11H,1H3;1H. The van der Waals surface area contributed by atoms with Gasteiger partial charge in [0.05, 0.1) is 40.6 Å². The van der Waals surface area contributed by atoms with Gasteiger partial charge in [0, 0.05) is 35.3 Å². The fourth-order valence-corrected chi connectivity index (χ4v) is 7.96. The van der Waals surface area contributed by atoms with Crippen molar-refractivity contribution in [2.75, 3.05) is 28.3 Å². The van der Waals surface area contributed by atoms with Crippen molar-refractivity contribution in [2.24, 2.45) is 0 Å². The maximum absolute atomic E-state index is 12.9. The van der Waals surface area contributed by atoms with Crippen molar-refractivity contribution in [2.45, 2.75) is 16.3 Å². The van der Waals surface area contributed by atoms with E-state index >= 15 is 0 Å². The van der Waals surface area contributed by atoms with Crippen LogP contribution in [0.4, 0.5) is 0 Å². The lowest BCUT2D eigenvalue weighted by molar-refractivity contribution is 0.112. The van der Waals surface area contributed by atoms with Crippen molar-refractivity contribution < 1.29 is 31.1 Å². The minimum absolute atomic E-state index is 0. The summed E-state index contributed by atoms with van der Waals surface area (Å²) < 4.78 is 64.3. The summed E-state index contributed by atoms with van der Waals surface area (Å²) in [5, 5.41) is 1.41. The molecule has 0 atom stereocenters. The molecule has 2 heterocycles. The Kier molecular flexibility index (Phi) is 10.8. The minimum Gasteiger partial charge on any atom is -0.496 e. The van der Waals surface area contributed by atoms with E-state index in [0.717, 1.165) is 16.7 Å². The number of rotatable bonds is 9. The number of fused-ring (bicyclic) bond motifs is 2. The molecule has 6 rings (SSSR count). The second-order valence-corrected chi connectivity index (χ2v) is 14.1. The largest absolute Gasteiger partial charge is 0.496 e. The fourth-order valence-electron chi connectivity index (χ4n) is 5.23. The Morgan fingerprint density at radius 2 is 1.09 bits per heavy atom. The second kappa shape index (κ2) is 14.4. The number of methoxy groups -OCH3 is 2. The van der Waals surface area contributed by atoms with Crippen LogP contribution in [-0.2, 0) is 26.6 Å². The molecule has 10 nitrogen and oxygen atoms in total. The predicted octanol–water partition coefficient (Wildman–Crippen LogP) is 6.07. The number of carbonyl (C=O) groups excluding carboxylic acids is 1. The first-order valence-corrected chi connectivity index (χ1v) is 17.0. The zero-order valence-electron chi connectivity index (χ0n) is 26.1. The molecule has 0 bridgehead atoms. The Morgan fingerprint density at radius 1 is 0.638 bits per heavy atom. The molecule has 4 aromatic carbocycles. The summed E-state index contributed by atoms with van der Waals surface area (Å²) in [6.07, 6.45) is 3.71. The highest BCUT2D eigenvalue weighted by molar-refractivity contribution is 7.90. The average Bonchev–Trinajstić information content (AvgIpc) is 3.71. The van der Waals surface area contributed by atoms with Gasteiger partial charge in [-0.25, -0.2) is 24.8 Å². The van der Waals surface area contributed by atoms with Crippen molar-refractivity contribution in [3.05, 3.63) is 121 Å². The highest BCUT2D eigenvalue weighted by Crippen LogP contribution is 2.32. The Bertz CT molecular complexity index is 2230. The Hall–Kier alpha value is -4.62. The molecule has 0 aliphatic carbocycles. The van der Waals surface area contributed by atoms with Gasteiger partial charge in [-0.1, -0.05) is 36.4 Å². The zero-order chi connectivity index (χ0) is 33.1. The quantitative estimate of drug-likeness (QED) is 0.167. The average molecular weight is 696 g/mol. The summed E-state index contributed by atoms with van der Waals surface area (Å²) >= 11 is 0. The second-order valence-electron chi connectivity index (χ2n) is 10.5. The molecule has 13 heteroatoms. The summed E-state index contributed by atoms with van der Waals surface area (Å²) in [5.74, 6) is 1.17. The molecular weight excluding hydrogens is 662 g/mol. The van der Waals surface area contributed by atoms with Gasteiger partial charge in [0.1, 0.15) is 11.5 Å². The third-order valence-electron chi connectivity index (χ3n) is 7.38. The van der Waals surface area contributed by atoms with Crippen LogP contribution in [0, 0.1) is 0 Å². The van der Waals surface area contributed by atoms with Gasteiger partial charge in [-0.15, -0.1) is 12.4 Å². The third kappa shape index (κ3) is 6.77. The summed E-state index contributed by atoms with van der Waals surface area (Å²) in [4.78, 5) is 13.8. The number of hydrogen-bond donors (Lipinski definition) is 0. The molecule has 0 amide bonds. The molecule has 2 aromatic heterocycles. The van der Waals surface area contributed by atoms with Crippen LogP contribution in [0.15, 0.2) is 119 Å². The molecule has 0 fully saturated rings. The molecule has 0 aliphatic heterocycles. The van der Waals surface area contributed by atoms with Gasteiger partial charge in [-0.3, -0.25) is 4.79 Å². The lowest BCUT2D eigenvalue weighted by Crippen LogP contribution is -2.13. The maximum Gasteiger partial charge on any atom is 0.268 e. The summed E-state index contributed by atoms with van der Waals surface area (Å²) in [6, 6.07) is 26.8. The molecule has 0 aliphatic rings. The molecule has 246 valence electrons. The van der Waals surface area contributed by atoms with Gasteiger partial charge in [-0.2, -0.15) is 0 Å². The first-order valence-electron chi connectivity index (χ1n) is 14.1. The summed E-state index contributed by atoms with van der Waals surface area (Å²) in [5.41, 5.74) is 2.40. The normalized spacial score (nSPS) is 11.5. The van der Waals surface area contributed by atoms with Crippen LogP contribution < -0.4 is 9.47 Å². The molecule has 0 spiro atoms. The van der Waals surface area contributed by atoms with E-state index in [9.17, 15) is 21.6 Å². The van der Waals surface area contributed by atoms with Crippen LogP contribution in [0.2, 0.25) is 0 Å². The number of aldehydes is 1. The number of halogens is 1. The molecule has 6 aromatic rings. The number of aromatic nitrogens is 2. The molecule has 0 saturated carbocycles. The van der Waals surface area contributed by atoms with Crippen molar-refractivity contribution in [1.82, 2.24) is 12.8 Å². The first kappa shape index (κ1) is 35.2. The van der Waals surface area contributed by atoms with Crippen molar-refractivity contribution in [3.63, 3.8) is 0 Å². The van der Waals surface area contributed by atoms with Gasteiger partial charge in [0.25, 0.3) is 20.0 Å². The van der Waals surface area contributed by atoms with Crippen molar-refractivity contribution in [1.29, 1.82) is 0 Å². The van der Waals surface area contributed by atoms with E-state index in [-0.39, 0.29) is 22.2 Å². The zero-order valence-corrected chi connectivity index (χ0v) is 28.6. The Labute approximate surface area is 280 Å². The van der Waals surface area contributed by atoms with Gasteiger partial charge < -0.3 is 14.4 Å². The maximum atomic E-state index is 12.9. The van der Waals surface area contributed by atoms with E-state index in [1.165, 1.54) is 33.4 Å². The van der Waals surface area contributed by atoms with Crippen LogP contribution in [0.3, 0.4) is 0 Å². The van der Waals surface area contributed by atoms with E-state index in [4.69, 9.17) is 9.47 Å². The van der Waals surface area contributed by atoms with Crippen LogP contribution >= 0.6 is 12.4 Å². The van der Waals surface area contributed by atoms with E-state index in [1.54, 1.807) is 86.1 Å².